The van der Waals surface area contributed by atoms with Crippen molar-refractivity contribution in [1.82, 2.24) is 9.55 Å². The van der Waals surface area contributed by atoms with Crippen LogP contribution in [0.1, 0.15) is 5.82 Å². The Morgan fingerprint density at radius 3 is 3.00 bits per heavy atom. The van der Waals surface area contributed by atoms with Gasteiger partial charge in [-0.3, -0.25) is 0 Å². The largest absolute Gasteiger partial charge is 0.394 e. The average Bonchev–Trinajstić information content (AvgIpc) is 2.52. The Morgan fingerprint density at radius 2 is 2.46 bits per heavy atom. The molecule has 0 spiro atoms. The highest BCUT2D eigenvalue weighted by molar-refractivity contribution is 7.98. The Balaban J connectivity index is 2.24. The summed E-state index contributed by atoms with van der Waals surface area (Å²) in [6, 6.07) is 0. The fourth-order valence-electron chi connectivity index (χ4n) is 0.875. The van der Waals surface area contributed by atoms with Crippen molar-refractivity contribution in [2.45, 2.75) is 11.9 Å². The molecule has 5 heteroatoms. The van der Waals surface area contributed by atoms with E-state index in [1.165, 1.54) is 0 Å². The van der Waals surface area contributed by atoms with Crippen molar-refractivity contribution in [1.29, 1.82) is 0 Å². The third kappa shape index (κ3) is 3.38. The van der Waals surface area contributed by atoms with Crippen LogP contribution in [-0.2, 0) is 12.8 Å². The third-order valence-electron chi connectivity index (χ3n) is 1.67. The summed E-state index contributed by atoms with van der Waals surface area (Å²) in [5.41, 5.74) is 0. The molecule has 1 aromatic rings. The Labute approximate surface area is 81.6 Å². The lowest BCUT2D eigenvalue weighted by Crippen LogP contribution is -2.15. The smallest absolute Gasteiger partial charge is 0.118 e. The first-order valence-corrected chi connectivity index (χ1v) is 5.22. The number of aliphatic hydroxyl groups is 2. The Kier molecular flexibility index (Phi) is 4.27. The zero-order valence-corrected chi connectivity index (χ0v) is 8.37. The number of nitrogens with zero attached hydrogens (tertiary/aromatic N) is 2. The fraction of sp³-hybridized carbons (Fsp3) is 0.625. The zero-order valence-electron chi connectivity index (χ0n) is 7.55. The van der Waals surface area contributed by atoms with Crippen LogP contribution < -0.4 is 0 Å². The molecule has 0 saturated heterocycles. The summed E-state index contributed by atoms with van der Waals surface area (Å²) in [5, 5.41) is 17.6. The molecule has 0 aliphatic carbocycles. The number of aliphatic hydroxyl groups excluding tert-OH is 2. The quantitative estimate of drug-likeness (QED) is 0.706. The van der Waals surface area contributed by atoms with E-state index in [2.05, 4.69) is 4.98 Å². The maximum Gasteiger partial charge on any atom is 0.118 e. The van der Waals surface area contributed by atoms with E-state index >= 15 is 0 Å². The molecule has 4 nitrogen and oxygen atoms in total. The van der Waals surface area contributed by atoms with Crippen LogP contribution in [0.15, 0.2) is 12.4 Å². The van der Waals surface area contributed by atoms with Gasteiger partial charge in [0.15, 0.2) is 0 Å². The number of hydrogen-bond donors (Lipinski definition) is 2. The standard InChI is InChI=1S/C8H14N2O2S/c1-10-3-2-9-8(10)6-13-5-7(12)4-11/h2-3,7,11-12H,4-6H2,1H3. The van der Waals surface area contributed by atoms with Crippen molar-refractivity contribution in [3.05, 3.63) is 18.2 Å². The highest BCUT2D eigenvalue weighted by Crippen LogP contribution is 2.10. The molecule has 0 radical (unpaired) electrons. The lowest BCUT2D eigenvalue weighted by Gasteiger charge is -2.05. The van der Waals surface area contributed by atoms with Crippen molar-refractivity contribution < 1.29 is 10.2 Å². The Hall–Kier alpha value is -0.520. The Morgan fingerprint density at radius 1 is 1.69 bits per heavy atom. The second-order valence-corrected chi connectivity index (χ2v) is 3.84. The van der Waals surface area contributed by atoms with E-state index < -0.39 is 6.10 Å². The van der Waals surface area contributed by atoms with Gasteiger partial charge in [0, 0.05) is 25.2 Å². The summed E-state index contributed by atoms with van der Waals surface area (Å²) in [7, 11) is 1.94. The minimum atomic E-state index is -0.620. The van der Waals surface area contributed by atoms with E-state index in [1.807, 2.05) is 17.8 Å². The number of aryl methyl sites for hydroxylation is 1. The van der Waals surface area contributed by atoms with Gasteiger partial charge in [0.25, 0.3) is 0 Å². The second-order valence-electron chi connectivity index (χ2n) is 2.81. The van der Waals surface area contributed by atoms with E-state index in [0.29, 0.717) is 5.75 Å². The highest BCUT2D eigenvalue weighted by atomic mass is 32.2. The summed E-state index contributed by atoms with van der Waals surface area (Å²) in [6.07, 6.45) is 3.02. The molecule has 1 heterocycles. The van der Waals surface area contributed by atoms with Gasteiger partial charge >= 0.3 is 0 Å². The molecule has 0 aromatic carbocycles. The molecule has 2 N–H and O–H groups in total. The minimum absolute atomic E-state index is 0.173. The first kappa shape index (κ1) is 10.6. The topological polar surface area (TPSA) is 58.3 Å². The normalized spacial score (nSPS) is 13.2. The average molecular weight is 202 g/mol. The molecular formula is C8H14N2O2S. The van der Waals surface area contributed by atoms with E-state index in [0.717, 1.165) is 11.6 Å². The SMILES string of the molecule is Cn1ccnc1CSCC(O)CO. The third-order valence-corrected chi connectivity index (χ3v) is 2.76. The first-order chi connectivity index (χ1) is 6.24. The van der Waals surface area contributed by atoms with Crippen LogP contribution in [-0.4, -0.2) is 38.2 Å². The molecule has 1 atom stereocenters. The number of thioether (sulfide) groups is 1. The van der Waals surface area contributed by atoms with Gasteiger partial charge in [0.2, 0.25) is 0 Å². The lowest BCUT2D eigenvalue weighted by atomic mass is 10.4. The molecule has 0 saturated carbocycles. The molecule has 13 heavy (non-hydrogen) atoms. The van der Waals surface area contributed by atoms with E-state index in [9.17, 15) is 0 Å². The van der Waals surface area contributed by atoms with Gasteiger partial charge in [-0.05, 0) is 0 Å². The van der Waals surface area contributed by atoms with Gasteiger partial charge in [0.1, 0.15) is 5.82 Å². The van der Waals surface area contributed by atoms with Crippen molar-refractivity contribution in [2.75, 3.05) is 12.4 Å². The van der Waals surface area contributed by atoms with Gasteiger partial charge in [-0.2, -0.15) is 11.8 Å². The van der Waals surface area contributed by atoms with E-state index in [1.54, 1.807) is 18.0 Å². The van der Waals surface area contributed by atoms with Crippen LogP contribution >= 0.6 is 11.8 Å². The maximum absolute atomic E-state index is 9.06. The summed E-state index contributed by atoms with van der Waals surface area (Å²) in [5.74, 6) is 2.29. The molecule has 0 aliphatic rings. The fourth-order valence-corrected chi connectivity index (χ4v) is 1.83. The van der Waals surface area contributed by atoms with Gasteiger partial charge in [-0.1, -0.05) is 0 Å². The highest BCUT2D eigenvalue weighted by Gasteiger charge is 2.03. The van der Waals surface area contributed by atoms with Crippen LogP contribution in [0.25, 0.3) is 0 Å². The molecule has 74 valence electrons. The van der Waals surface area contributed by atoms with Crippen LogP contribution in [0.2, 0.25) is 0 Å². The second kappa shape index (κ2) is 5.26. The van der Waals surface area contributed by atoms with Crippen molar-refractivity contribution >= 4 is 11.8 Å². The molecular weight excluding hydrogens is 188 g/mol. The molecule has 0 amide bonds. The van der Waals surface area contributed by atoms with Gasteiger partial charge in [0.05, 0.1) is 18.5 Å². The summed E-state index contributed by atoms with van der Waals surface area (Å²) >= 11 is 1.56. The van der Waals surface area contributed by atoms with E-state index in [-0.39, 0.29) is 6.61 Å². The molecule has 1 rings (SSSR count). The van der Waals surface area contributed by atoms with Crippen LogP contribution in [0.3, 0.4) is 0 Å². The Bertz CT molecular complexity index is 252. The summed E-state index contributed by atoms with van der Waals surface area (Å²) in [6.45, 7) is -0.173. The lowest BCUT2D eigenvalue weighted by molar-refractivity contribution is 0.113. The van der Waals surface area contributed by atoms with Crippen LogP contribution in [0, 0.1) is 0 Å². The number of rotatable bonds is 5. The molecule has 1 unspecified atom stereocenters. The minimum Gasteiger partial charge on any atom is -0.394 e. The van der Waals surface area contributed by atoms with Crippen LogP contribution in [0.4, 0.5) is 0 Å². The molecule has 1 aromatic heterocycles. The maximum atomic E-state index is 9.06. The van der Waals surface area contributed by atoms with Crippen molar-refractivity contribution in [2.24, 2.45) is 7.05 Å². The first-order valence-electron chi connectivity index (χ1n) is 4.07. The van der Waals surface area contributed by atoms with Crippen molar-refractivity contribution in [3.63, 3.8) is 0 Å². The van der Waals surface area contributed by atoms with Crippen molar-refractivity contribution in [3.8, 4) is 0 Å². The molecule has 0 aliphatic heterocycles. The predicted octanol–water partition coefficient (Wildman–Crippen LogP) is 0.00650. The van der Waals surface area contributed by atoms with Crippen LogP contribution in [0.5, 0.6) is 0 Å². The van der Waals surface area contributed by atoms with Gasteiger partial charge < -0.3 is 14.8 Å². The molecule has 0 bridgehead atoms. The van der Waals surface area contributed by atoms with E-state index in [4.69, 9.17) is 10.2 Å². The zero-order chi connectivity index (χ0) is 9.68. The summed E-state index contributed by atoms with van der Waals surface area (Å²) in [4.78, 5) is 4.14. The molecule has 0 fully saturated rings. The number of hydrogen-bond acceptors (Lipinski definition) is 4. The van der Waals surface area contributed by atoms with Gasteiger partial charge in [-0.15, -0.1) is 0 Å². The number of imidazole rings is 1. The predicted molar refractivity (Wildman–Crippen MR) is 52.5 cm³/mol. The number of aromatic nitrogens is 2. The summed E-state index contributed by atoms with van der Waals surface area (Å²) < 4.78 is 1.94. The van der Waals surface area contributed by atoms with Gasteiger partial charge in [-0.25, -0.2) is 4.98 Å². The monoisotopic (exact) mass is 202 g/mol.